The summed E-state index contributed by atoms with van der Waals surface area (Å²) in [7, 11) is 1.67. The minimum absolute atomic E-state index is 0.0772. The van der Waals surface area contributed by atoms with Crippen molar-refractivity contribution in [2.45, 2.75) is 58.1 Å². The van der Waals surface area contributed by atoms with E-state index in [2.05, 4.69) is 10.6 Å². The third kappa shape index (κ3) is 6.41. The molecule has 2 aliphatic heterocycles. The van der Waals surface area contributed by atoms with Crippen molar-refractivity contribution in [3.63, 3.8) is 0 Å². The van der Waals surface area contributed by atoms with Crippen LogP contribution in [-0.4, -0.2) is 78.4 Å². The molecule has 226 valence electrons. The maximum absolute atomic E-state index is 13.7. The fourth-order valence-corrected chi connectivity index (χ4v) is 5.71. The number of anilines is 2. The second kappa shape index (κ2) is 12.9. The van der Waals surface area contributed by atoms with Crippen molar-refractivity contribution in [3.05, 3.63) is 42.0 Å². The van der Waals surface area contributed by atoms with E-state index in [9.17, 15) is 19.5 Å². The van der Waals surface area contributed by atoms with Gasteiger partial charge in [0, 0.05) is 37.2 Å². The average molecular weight is 581 g/mol. The summed E-state index contributed by atoms with van der Waals surface area (Å²) in [4.78, 5) is 43.3. The first-order chi connectivity index (χ1) is 20.2. The number of aliphatic hydroxyl groups is 1. The molecule has 0 bridgehead atoms. The number of hydrogen-bond acceptors (Lipinski definition) is 7. The first-order valence-electron chi connectivity index (χ1n) is 14.7. The lowest BCUT2D eigenvalue weighted by Crippen LogP contribution is -2.50. The van der Waals surface area contributed by atoms with Gasteiger partial charge < -0.3 is 39.8 Å². The van der Waals surface area contributed by atoms with Crippen LogP contribution in [0.4, 0.5) is 16.2 Å². The lowest BCUT2D eigenvalue weighted by molar-refractivity contribution is -0.120. The predicted molar refractivity (Wildman–Crippen MR) is 157 cm³/mol. The van der Waals surface area contributed by atoms with Crippen LogP contribution in [0.2, 0.25) is 0 Å². The van der Waals surface area contributed by atoms with Gasteiger partial charge in [0.25, 0.3) is 5.91 Å². The molecule has 0 aromatic heterocycles. The van der Waals surface area contributed by atoms with Crippen molar-refractivity contribution in [2.75, 3.05) is 44.2 Å². The van der Waals surface area contributed by atoms with Crippen molar-refractivity contribution in [2.24, 2.45) is 11.8 Å². The number of hydrogen-bond donors (Lipinski definition) is 3. The number of rotatable bonds is 7. The van der Waals surface area contributed by atoms with E-state index in [0.29, 0.717) is 35.0 Å². The molecule has 2 heterocycles. The minimum Gasteiger partial charge on any atom is -0.485 e. The molecule has 42 heavy (non-hydrogen) atoms. The topological polar surface area (TPSA) is 130 Å². The van der Waals surface area contributed by atoms with Gasteiger partial charge >= 0.3 is 6.03 Å². The van der Waals surface area contributed by atoms with Gasteiger partial charge in [0.1, 0.15) is 6.10 Å². The number of carbonyl (C=O) groups is 3. The zero-order valence-corrected chi connectivity index (χ0v) is 24.4. The second-order valence-corrected chi connectivity index (χ2v) is 11.5. The van der Waals surface area contributed by atoms with Gasteiger partial charge in [-0.2, -0.15) is 0 Å². The fraction of sp³-hybridized carbons (Fsp3) is 0.516. The van der Waals surface area contributed by atoms with Crippen molar-refractivity contribution < 1.29 is 33.7 Å². The smallest absolute Gasteiger partial charge is 0.321 e. The highest BCUT2D eigenvalue weighted by Crippen LogP contribution is 2.37. The Bertz CT molecular complexity index is 1310. The third-order valence-electron chi connectivity index (χ3n) is 8.35. The lowest BCUT2D eigenvalue weighted by atomic mass is 9.88. The predicted octanol–water partition coefficient (Wildman–Crippen LogP) is 4.32. The van der Waals surface area contributed by atoms with Crippen molar-refractivity contribution in [1.82, 2.24) is 9.80 Å². The molecule has 0 saturated heterocycles. The van der Waals surface area contributed by atoms with E-state index in [4.69, 9.17) is 14.2 Å². The molecular formula is C31H40N4O7. The summed E-state index contributed by atoms with van der Waals surface area (Å²) in [5.41, 5.74) is 1.30. The number of nitrogens with one attached hydrogen (secondary N) is 2. The number of nitrogens with zero attached hydrogens (tertiary/aromatic N) is 2. The molecule has 1 fully saturated rings. The number of para-hydroxylation sites is 1. The molecule has 3 N–H and O–H groups in total. The normalized spacial score (nSPS) is 21.0. The zero-order valence-electron chi connectivity index (χ0n) is 24.4. The van der Waals surface area contributed by atoms with Gasteiger partial charge in [0.15, 0.2) is 17.2 Å². The molecule has 3 atom stereocenters. The molecule has 1 aliphatic carbocycles. The van der Waals surface area contributed by atoms with Crippen molar-refractivity contribution in [3.8, 4) is 17.2 Å². The number of benzene rings is 2. The number of ether oxygens (including phenoxy) is 3. The van der Waals surface area contributed by atoms with Crippen LogP contribution in [0.15, 0.2) is 36.4 Å². The zero-order chi connectivity index (χ0) is 29.8. The quantitative estimate of drug-likeness (QED) is 0.445. The van der Waals surface area contributed by atoms with Gasteiger partial charge in [0.2, 0.25) is 12.7 Å². The molecular weight excluding hydrogens is 540 g/mol. The second-order valence-electron chi connectivity index (χ2n) is 11.5. The molecule has 5 rings (SSSR count). The number of likely N-dealkylation sites (N-methyl/N-ethyl adjacent to an activating group) is 1. The first-order valence-corrected chi connectivity index (χ1v) is 14.7. The summed E-state index contributed by atoms with van der Waals surface area (Å²) in [5.74, 6) is 0.826. The van der Waals surface area contributed by atoms with Gasteiger partial charge in [-0.3, -0.25) is 9.59 Å². The fourth-order valence-electron chi connectivity index (χ4n) is 5.71. The summed E-state index contributed by atoms with van der Waals surface area (Å²) >= 11 is 0. The highest BCUT2D eigenvalue weighted by Gasteiger charge is 2.35. The van der Waals surface area contributed by atoms with Gasteiger partial charge in [0.05, 0.1) is 30.4 Å². The Hall–Kier alpha value is -3.99. The Balaban J connectivity index is 1.39. The van der Waals surface area contributed by atoms with E-state index in [0.717, 1.165) is 32.1 Å². The van der Waals surface area contributed by atoms with Crippen LogP contribution in [0.1, 0.15) is 56.3 Å². The van der Waals surface area contributed by atoms with Gasteiger partial charge in [-0.1, -0.05) is 32.3 Å². The molecule has 11 heteroatoms. The summed E-state index contributed by atoms with van der Waals surface area (Å²) in [5, 5.41) is 15.9. The number of urea groups is 1. The van der Waals surface area contributed by atoms with Gasteiger partial charge in [-0.05, 0) is 44.0 Å². The van der Waals surface area contributed by atoms with Crippen LogP contribution in [0.3, 0.4) is 0 Å². The van der Waals surface area contributed by atoms with Gasteiger partial charge in [-0.25, -0.2) is 4.79 Å². The number of amides is 4. The van der Waals surface area contributed by atoms with Crippen LogP contribution in [0.5, 0.6) is 17.2 Å². The van der Waals surface area contributed by atoms with E-state index in [1.165, 1.54) is 4.90 Å². The average Bonchev–Trinajstić information content (AvgIpc) is 3.47. The van der Waals surface area contributed by atoms with Gasteiger partial charge in [-0.15, -0.1) is 0 Å². The Morgan fingerprint density at radius 2 is 1.86 bits per heavy atom. The van der Waals surface area contributed by atoms with E-state index in [-0.39, 0.29) is 55.4 Å². The highest BCUT2D eigenvalue weighted by atomic mass is 16.7. The molecule has 4 amide bonds. The van der Waals surface area contributed by atoms with E-state index < -0.39 is 12.1 Å². The summed E-state index contributed by atoms with van der Waals surface area (Å²) in [6.45, 7) is 4.21. The molecule has 0 spiro atoms. The molecule has 3 aliphatic rings. The Kier molecular flexibility index (Phi) is 9.06. The van der Waals surface area contributed by atoms with Crippen LogP contribution >= 0.6 is 0 Å². The highest BCUT2D eigenvalue weighted by molar-refractivity contribution is 6.02. The molecule has 2 aromatic carbocycles. The number of aliphatic hydroxyl groups excluding tert-OH is 1. The molecule has 0 radical (unpaired) electrons. The van der Waals surface area contributed by atoms with E-state index in [1.54, 1.807) is 55.3 Å². The summed E-state index contributed by atoms with van der Waals surface area (Å²) < 4.78 is 17.3. The third-order valence-corrected chi connectivity index (χ3v) is 8.35. The minimum atomic E-state index is -0.523. The number of fused-ring (bicyclic) bond motifs is 2. The monoisotopic (exact) mass is 580 g/mol. The SMILES string of the molecule is C[C@H]1CN([C@@H](C)CO)C(=O)c2cccc(NC(=O)C3CCCCC3)c2O[C@H]1CN(C)C(=O)Nc1ccc2c(c1)OCO2. The molecule has 11 nitrogen and oxygen atoms in total. The molecule has 0 unspecified atom stereocenters. The van der Waals surface area contributed by atoms with E-state index in [1.807, 2.05) is 6.92 Å². The maximum atomic E-state index is 13.7. The Morgan fingerprint density at radius 3 is 2.62 bits per heavy atom. The van der Waals surface area contributed by atoms with Crippen LogP contribution in [0.25, 0.3) is 0 Å². The molecule has 2 aromatic rings. The first kappa shape index (κ1) is 29.5. The van der Waals surface area contributed by atoms with Crippen LogP contribution < -0.4 is 24.8 Å². The maximum Gasteiger partial charge on any atom is 0.321 e. The Labute approximate surface area is 246 Å². The summed E-state index contributed by atoms with van der Waals surface area (Å²) in [6, 6.07) is 9.56. The van der Waals surface area contributed by atoms with Crippen LogP contribution in [0, 0.1) is 11.8 Å². The van der Waals surface area contributed by atoms with Crippen LogP contribution in [-0.2, 0) is 4.79 Å². The summed E-state index contributed by atoms with van der Waals surface area (Å²) in [6.07, 6.45) is 4.33. The Morgan fingerprint density at radius 1 is 1.10 bits per heavy atom. The van der Waals surface area contributed by atoms with E-state index >= 15 is 0 Å². The lowest BCUT2D eigenvalue weighted by Gasteiger charge is -2.38. The van der Waals surface area contributed by atoms with Crippen molar-refractivity contribution >= 4 is 29.2 Å². The largest absolute Gasteiger partial charge is 0.485 e. The number of carbonyl (C=O) groups excluding carboxylic acids is 3. The molecule has 1 saturated carbocycles. The van der Waals surface area contributed by atoms with Crippen molar-refractivity contribution in [1.29, 1.82) is 0 Å². The standard InChI is InChI=1S/C31H40N4O7/c1-19-15-35(20(2)17-36)30(38)23-10-7-11-24(33-29(37)21-8-5-4-6-9-21)28(23)42-27(19)16-34(3)31(39)32-22-12-13-25-26(14-22)41-18-40-25/h7,10-14,19-21,27,36H,4-6,8-9,15-18H2,1-3H3,(H,32,39)(H,33,37)/t19-,20-,27-/m0/s1.